The van der Waals surface area contributed by atoms with Gasteiger partial charge in [-0.25, -0.2) is 39.0 Å². The first kappa shape index (κ1) is 85.4. The van der Waals surface area contributed by atoms with Gasteiger partial charge < -0.3 is 58.6 Å². The van der Waals surface area contributed by atoms with E-state index in [9.17, 15) is 14.4 Å². The lowest BCUT2D eigenvalue weighted by Gasteiger charge is -2.40. The number of rotatable bonds is 15. The van der Waals surface area contributed by atoms with Gasteiger partial charge in [0.05, 0.1) is 103 Å². The predicted molar refractivity (Wildman–Crippen MR) is 483 cm³/mol. The van der Waals surface area contributed by atoms with Crippen LogP contribution in [0.2, 0.25) is 15.1 Å². The van der Waals surface area contributed by atoms with Gasteiger partial charge in [0.15, 0.2) is 11.4 Å². The normalized spacial score (nSPS) is 18.4. The summed E-state index contributed by atoms with van der Waals surface area (Å²) in [5, 5.41) is 11.2. The van der Waals surface area contributed by atoms with Crippen molar-refractivity contribution >= 4 is 111 Å². The van der Waals surface area contributed by atoms with Crippen LogP contribution in [0.15, 0.2) is 196 Å². The number of carbonyl (C=O) groups is 3. The second-order valence-corrected chi connectivity index (χ2v) is 33.1. The van der Waals surface area contributed by atoms with E-state index in [1.165, 1.54) is 19.3 Å². The van der Waals surface area contributed by atoms with Gasteiger partial charge in [-0.2, -0.15) is 0 Å². The number of imidazole rings is 3. The van der Waals surface area contributed by atoms with E-state index in [0.29, 0.717) is 109 Å². The molecule has 3 aliphatic heterocycles. The molecular formula is C95H97Cl3N20O6. The van der Waals surface area contributed by atoms with E-state index >= 15 is 0 Å². The van der Waals surface area contributed by atoms with Gasteiger partial charge in [-0.3, -0.25) is 29.7 Å². The third-order valence-corrected chi connectivity index (χ3v) is 25.1. The summed E-state index contributed by atoms with van der Waals surface area (Å²) < 4.78 is 24.2. The van der Waals surface area contributed by atoms with Crippen molar-refractivity contribution in [1.29, 1.82) is 0 Å². The van der Waals surface area contributed by atoms with Crippen molar-refractivity contribution in [1.82, 2.24) is 78.3 Å². The van der Waals surface area contributed by atoms with Crippen molar-refractivity contribution in [2.75, 3.05) is 111 Å². The molecule has 5 aromatic carbocycles. The molecule has 7 aliphatic rings. The Labute approximate surface area is 737 Å². The van der Waals surface area contributed by atoms with Gasteiger partial charge in [0, 0.05) is 172 Å². The topological polar surface area (TPSA) is 235 Å². The van der Waals surface area contributed by atoms with Gasteiger partial charge in [-0.05, 0) is 177 Å². The van der Waals surface area contributed by atoms with Crippen LogP contribution in [0.4, 0.5) is 37.1 Å². The summed E-state index contributed by atoms with van der Waals surface area (Å²) in [6.07, 6.45) is 27.7. The van der Waals surface area contributed by atoms with Crippen LogP contribution < -0.4 is 16.0 Å². The molecule has 3 unspecified atom stereocenters. The van der Waals surface area contributed by atoms with Crippen molar-refractivity contribution in [3.63, 3.8) is 0 Å². The number of aromatic nitrogens is 9. The van der Waals surface area contributed by atoms with E-state index < -0.39 is 0 Å². The Balaban J connectivity index is 0.000000138. The highest BCUT2D eigenvalue weighted by atomic mass is 35.5. The van der Waals surface area contributed by atoms with Crippen molar-refractivity contribution in [2.45, 2.75) is 74.6 Å². The average Bonchev–Trinajstić information content (AvgIpc) is 1.59. The average molecular weight is 1720 g/mol. The maximum atomic E-state index is 13.1. The van der Waals surface area contributed by atoms with E-state index in [1.807, 2.05) is 141 Å². The summed E-state index contributed by atoms with van der Waals surface area (Å²) in [4.78, 5) is 86.6. The Kier molecular flexibility index (Phi) is 26.7. The summed E-state index contributed by atoms with van der Waals surface area (Å²) in [5.74, 6) is 0. The first-order valence-electron chi connectivity index (χ1n) is 41.7. The molecule has 6 amide bonds. The largest absolute Gasteiger partial charge is 0.370 e. The fraction of sp³-hybridized carbons (Fsp3) is 0.316. The minimum Gasteiger partial charge on any atom is -0.370 e. The van der Waals surface area contributed by atoms with Crippen molar-refractivity contribution in [3.8, 4) is 0 Å². The molecule has 6 aromatic heterocycles. The molecule has 6 atom stereocenters. The Morgan fingerprint density at radius 3 is 1.02 bits per heavy atom. The number of benzene rings is 5. The van der Waals surface area contributed by atoms with E-state index in [-0.39, 0.29) is 54.5 Å². The van der Waals surface area contributed by atoms with Gasteiger partial charge in [-0.15, -0.1) is 0 Å². The Hall–Kier alpha value is -12.2. The van der Waals surface area contributed by atoms with E-state index in [2.05, 4.69) is 110 Å². The molecule has 0 spiro atoms. The Bertz CT molecular complexity index is 5630. The number of anilines is 2. The minimum absolute atomic E-state index is 0.0705. The number of fused-ring (bicyclic) bond motifs is 6. The SMILES string of the molecule is COC(C1=Cc2cccnc2[C@@H](N2CCN(C(=O)NC3CCCCC3)CC2)c2ccc(Cl)cc21)c1cncn1C.[C-]#[N+]c1ccc(NC(=O)N2CCN([C@H]3c4ccc(Cl)cc4C(C(OC)c4cncn4C)=Cc4cccnc43)CC2)cc1.[C-]#[N+]c1ccc(NC(=O)N2CCN([C@H]3c4ccc(Cl)cc4C(C(OC)c4cncn4C)=Cc4cccnc43)CC2)cc1. The number of pyridine rings is 3. The zero-order valence-electron chi connectivity index (χ0n) is 70.0. The molecule has 634 valence electrons. The van der Waals surface area contributed by atoms with Gasteiger partial charge in [-0.1, -0.05) is 115 Å². The molecule has 9 heterocycles. The van der Waals surface area contributed by atoms with Crippen LogP contribution in [0, 0.1) is 13.1 Å². The second-order valence-electron chi connectivity index (χ2n) is 31.8. The Morgan fingerprint density at radius 1 is 0.419 bits per heavy atom. The maximum Gasteiger partial charge on any atom is 0.321 e. The summed E-state index contributed by atoms with van der Waals surface area (Å²) in [6.45, 7) is 22.0. The van der Waals surface area contributed by atoms with Crippen LogP contribution in [0.25, 0.3) is 44.6 Å². The van der Waals surface area contributed by atoms with Gasteiger partial charge in [0.25, 0.3) is 0 Å². The number of hydrogen-bond acceptors (Lipinski definition) is 15. The number of urea groups is 3. The van der Waals surface area contributed by atoms with Crippen LogP contribution >= 0.6 is 34.8 Å². The number of nitrogens with zero attached hydrogens (tertiary/aromatic N) is 17. The lowest BCUT2D eigenvalue weighted by molar-refractivity contribution is 0.116. The van der Waals surface area contributed by atoms with E-state index in [4.69, 9.17) is 77.1 Å². The third-order valence-electron chi connectivity index (χ3n) is 24.4. The molecule has 4 fully saturated rings. The zero-order chi connectivity index (χ0) is 86.1. The van der Waals surface area contributed by atoms with Crippen molar-refractivity contribution in [3.05, 3.63) is 318 Å². The number of piperazine rings is 3. The number of ether oxygens (including phenoxy) is 3. The summed E-state index contributed by atoms with van der Waals surface area (Å²) in [7, 11) is 11.0. The molecule has 0 bridgehead atoms. The molecule has 1 saturated carbocycles. The number of methoxy groups -OCH3 is 3. The van der Waals surface area contributed by atoms with Crippen LogP contribution in [0.1, 0.15) is 153 Å². The highest BCUT2D eigenvalue weighted by molar-refractivity contribution is 6.31. The maximum absolute atomic E-state index is 13.1. The molecular weight excluding hydrogens is 1620 g/mol. The quantitative estimate of drug-likeness (QED) is 0.0810. The van der Waals surface area contributed by atoms with E-state index in [0.717, 1.165) is 127 Å². The first-order chi connectivity index (χ1) is 60.5. The van der Waals surface area contributed by atoms with E-state index in [1.54, 1.807) is 88.8 Å². The smallest absolute Gasteiger partial charge is 0.321 e. The lowest BCUT2D eigenvalue weighted by atomic mass is 9.91. The molecule has 4 aliphatic carbocycles. The van der Waals surface area contributed by atoms with Crippen molar-refractivity contribution < 1.29 is 28.6 Å². The molecule has 3 N–H and O–H groups in total. The van der Waals surface area contributed by atoms with Crippen molar-refractivity contribution in [2.24, 2.45) is 21.1 Å². The molecule has 124 heavy (non-hydrogen) atoms. The highest BCUT2D eigenvalue weighted by Gasteiger charge is 2.41. The minimum atomic E-state index is -0.370. The van der Waals surface area contributed by atoms with Crippen LogP contribution in [0.3, 0.4) is 0 Å². The summed E-state index contributed by atoms with van der Waals surface area (Å²) in [6, 6.07) is 43.8. The fourth-order valence-corrected chi connectivity index (χ4v) is 18.6. The highest BCUT2D eigenvalue weighted by Crippen LogP contribution is 2.50. The number of nitrogens with one attached hydrogen (secondary N) is 3. The lowest BCUT2D eigenvalue weighted by Crippen LogP contribution is -2.54. The van der Waals surface area contributed by atoms with Crippen LogP contribution in [0.5, 0.6) is 0 Å². The molecule has 26 nitrogen and oxygen atoms in total. The summed E-state index contributed by atoms with van der Waals surface area (Å²) in [5.41, 5.74) is 20.6. The standard InChI is InChI=1S/2C32H30ClN7O2.C31H37ClN6O2/c2*1-34-23-7-9-24(10-8-23)37-32(41)40-15-13-39(14-16-40)30-25-11-6-22(33)18-26(25)27(17-21-5-4-12-36-29(21)30)31(42-3)28-19-35-20-38(28)2;1-36-20-33-19-27(36)30(40-2)26-17-21-7-6-12-34-28(21)29(24-11-10-22(32)18-25(24)26)37-13-15-38(16-14-37)31(39)35-23-8-4-3-5-9-23/h2*4-12,17-20,30-31H,13-16H2,2-3H3,(H,37,41);6-7,10-12,17-20,23,29-30H,3-5,8-9,13-16H2,1-2H3,(H,35,39)/t2*30-,31?;29-,30?/m000/s1. The van der Waals surface area contributed by atoms with Gasteiger partial charge in [0.2, 0.25) is 0 Å². The molecule has 11 aromatic rings. The molecule has 3 saturated heterocycles. The molecule has 29 heteroatoms. The van der Waals surface area contributed by atoms with Crippen LogP contribution in [-0.4, -0.2) is 197 Å². The number of carbonyl (C=O) groups excluding carboxylic acids is 3. The Morgan fingerprint density at radius 2 is 0.734 bits per heavy atom. The number of halogens is 3. The number of hydrogen-bond donors (Lipinski definition) is 3. The summed E-state index contributed by atoms with van der Waals surface area (Å²) >= 11 is 19.8. The first-order valence-corrected chi connectivity index (χ1v) is 42.8. The van der Waals surface area contributed by atoms with Crippen LogP contribution in [-0.2, 0) is 35.4 Å². The number of aryl methyl sites for hydroxylation is 3. The monoisotopic (exact) mass is 1720 g/mol. The zero-order valence-corrected chi connectivity index (χ0v) is 72.2. The second kappa shape index (κ2) is 38.7. The number of amides is 6. The van der Waals surface area contributed by atoms with Gasteiger partial charge in [0.1, 0.15) is 18.3 Å². The molecule has 18 rings (SSSR count). The third kappa shape index (κ3) is 18.4. The fourth-order valence-electron chi connectivity index (χ4n) is 18.1. The predicted octanol–water partition coefficient (Wildman–Crippen LogP) is 17.9. The van der Waals surface area contributed by atoms with Gasteiger partial charge >= 0.3 is 18.1 Å². The molecule has 0 radical (unpaired) electrons.